The normalized spacial score (nSPS) is 11.2. The monoisotopic (exact) mass is 451 g/mol. The Morgan fingerprint density at radius 1 is 1.03 bits per heavy atom. The molecule has 0 amide bonds. The number of fused-ring (bicyclic) bond motifs is 1. The summed E-state index contributed by atoms with van der Waals surface area (Å²) >= 11 is 1.55. The van der Waals surface area contributed by atoms with E-state index in [4.69, 9.17) is 0 Å². The van der Waals surface area contributed by atoms with Crippen molar-refractivity contribution in [3.63, 3.8) is 0 Å². The molecule has 0 spiro atoms. The number of nitrogens with zero attached hydrogens (tertiary/aromatic N) is 2. The first-order valence-corrected chi connectivity index (χ1v) is 10.9. The number of thiazole rings is 1. The SMILES string of the molecule is CC#Cc1nc(NCCCc2ccc(C(F)(F)F)cc2)sc1-c1ccc2cnccc2c1. The second kappa shape index (κ2) is 9.41. The zero-order valence-corrected chi connectivity index (χ0v) is 18.1. The molecule has 0 aliphatic carbocycles. The van der Waals surface area contributed by atoms with E-state index in [1.54, 1.807) is 24.5 Å². The number of hydrogen-bond donors (Lipinski definition) is 1. The minimum absolute atomic E-state index is 0.621. The Hall–Kier alpha value is -3.37. The first-order chi connectivity index (χ1) is 15.4. The lowest BCUT2D eigenvalue weighted by atomic mass is 10.1. The fraction of sp³-hybridized carbons (Fsp3) is 0.200. The van der Waals surface area contributed by atoms with Crippen molar-refractivity contribution in [2.45, 2.75) is 25.9 Å². The largest absolute Gasteiger partial charge is 0.416 e. The van der Waals surface area contributed by atoms with Crippen molar-refractivity contribution in [1.82, 2.24) is 9.97 Å². The fourth-order valence-electron chi connectivity index (χ4n) is 3.37. The van der Waals surface area contributed by atoms with Crippen LogP contribution in [0.5, 0.6) is 0 Å². The Balaban J connectivity index is 1.42. The van der Waals surface area contributed by atoms with E-state index in [0.717, 1.165) is 56.2 Å². The molecule has 1 N–H and O–H groups in total. The second-order valence-electron chi connectivity index (χ2n) is 7.23. The summed E-state index contributed by atoms with van der Waals surface area (Å²) in [6.07, 6.45) is 0.767. The molecular weight excluding hydrogens is 431 g/mol. The highest BCUT2D eigenvalue weighted by Crippen LogP contribution is 2.34. The van der Waals surface area contributed by atoms with E-state index in [1.807, 2.05) is 24.4 Å². The van der Waals surface area contributed by atoms with Crippen molar-refractivity contribution >= 4 is 27.2 Å². The number of nitrogens with one attached hydrogen (secondary N) is 1. The van der Waals surface area contributed by atoms with Crippen LogP contribution in [0.25, 0.3) is 21.2 Å². The highest BCUT2D eigenvalue weighted by Gasteiger charge is 2.29. The first kappa shape index (κ1) is 21.8. The molecule has 2 aromatic carbocycles. The van der Waals surface area contributed by atoms with Gasteiger partial charge in [0.05, 0.1) is 10.4 Å². The molecular formula is C25H20F3N3S. The van der Waals surface area contributed by atoms with Crippen LogP contribution in [-0.2, 0) is 12.6 Å². The summed E-state index contributed by atoms with van der Waals surface area (Å²) in [5, 5.41) is 6.28. The van der Waals surface area contributed by atoms with Gasteiger partial charge in [0.1, 0.15) is 5.69 Å². The Labute approximate surface area is 188 Å². The molecule has 0 radical (unpaired) electrons. The molecule has 2 heterocycles. The van der Waals surface area contributed by atoms with E-state index >= 15 is 0 Å². The molecule has 3 nitrogen and oxygen atoms in total. The Morgan fingerprint density at radius 3 is 2.59 bits per heavy atom. The summed E-state index contributed by atoms with van der Waals surface area (Å²) in [6.45, 7) is 2.45. The molecule has 4 aromatic rings. The van der Waals surface area contributed by atoms with Crippen LogP contribution >= 0.6 is 11.3 Å². The lowest BCUT2D eigenvalue weighted by Gasteiger charge is -2.07. The highest BCUT2D eigenvalue weighted by atomic mass is 32.1. The van der Waals surface area contributed by atoms with E-state index in [9.17, 15) is 13.2 Å². The fourth-order valence-corrected chi connectivity index (χ4v) is 4.31. The molecule has 162 valence electrons. The molecule has 7 heteroatoms. The van der Waals surface area contributed by atoms with Gasteiger partial charge in [0.15, 0.2) is 5.13 Å². The standard InChI is InChI=1S/C25H20F3N3S/c1-2-4-22-23(19-8-9-20-16-29-14-12-18(20)15-19)32-24(31-22)30-13-3-5-17-6-10-21(11-7-17)25(26,27)28/h6-12,14-16H,3,5,13H2,1H3,(H,30,31). The van der Waals surface area contributed by atoms with Gasteiger partial charge in [0.25, 0.3) is 0 Å². The van der Waals surface area contributed by atoms with Crippen LogP contribution in [0, 0.1) is 11.8 Å². The maximum atomic E-state index is 12.7. The molecule has 32 heavy (non-hydrogen) atoms. The van der Waals surface area contributed by atoms with E-state index in [-0.39, 0.29) is 0 Å². The van der Waals surface area contributed by atoms with Crippen LogP contribution in [-0.4, -0.2) is 16.5 Å². The van der Waals surface area contributed by atoms with Crippen molar-refractivity contribution in [2.75, 3.05) is 11.9 Å². The maximum Gasteiger partial charge on any atom is 0.416 e. The molecule has 0 saturated carbocycles. The topological polar surface area (TPSA) is 37.8 Å². The molecule has 0 fully saturated rings. The van der Waals surface area contributed by atoms with Gasteiger partial charge in [-0.25, -0.2) is 4.98 Å². The van der Waals surface area contributed by atoms with Gasteiger partial charge in [-0.3, -0.25) is 4.98 Å². The number of aryl methyl sites for hydroxylation is 1. The quantitative estimate of drug-likeness (QED) is 0.259. The summed E-state index contributed by atoms with van der Waals surface area (Å²) in [5.41, 5.74) is 2.04. The van der Waals surface area contributed by atoms with Crippen LogP contribution in [0.3, 0.4) is 0 Å². The number of pyridine rings is 1. The van der Waals surface area contributed by atoms with Gasteiger partial charge in [-0.05, 0) is 66.5 Å². The number of aromatic nitrogens is 2. The number of anilines is 1. The Kier molecular flexibility index (Phi) is 6.42. The molecule has 0 unspecified atom stereocenters. The van der Waals surface area contributed by atoms with Crippen molar-refractivity contribution < 1.29 is 13.2 Å². The second-order valence-corrected chi connectivity index (χ2v) is 8.23. The van der Waals surface area contributed by atoms with Gasteiger partial charge in [-0.1, -0.05) is 41.5 Å². The molecule has 4 rings (SSSR count). The van der Waals surface area contributed by atoms with E-state index in [0.29, 0.717) is 13.0 Å². The third-order valence-electron chi connectivity index (χ3n) is 4.97. The average molecular weight is 452 g/mol. The van der Waals surface area contributed by atoms with Gasteiger partial charge < -0.3 is 5.32 Å². The first-order valence-electron chi connectivity index (χ1n) is 10.1. The van der Waals surface area contributed by atoms with Crippen molar-refractivity contribution in [3.05, 3.63) is 77.7 Å². The number of halogens is 3. The zero-order chi connectivity index (χ0) is 22.6. The number of benzene rings is 2. The van der Waals surface area contributed by atoms with Crippen LogP contribution in [0.4, 0.5) is 18.3 Å². The van der Waals surface area contributed by atoms with E-state index in [2.05, 4.69) is 33.2 Å². The number of rotatable bonds is 6. The summed E-state index contributed by atoms with van der Waals surface area (Å²) in [6, 6.07) is 13.5. The van der Waals surface area contributed by atoms with Crippen LogP contribution < -0.4 is 5.32 Å². The predicted molar refractivity (Wildman–Crippen MR) is 124 cm³/mol. The zero-order valence-electron chi connectivity index (χ0n) is 17.3. The van der Waals surface area contributed by atoms with Gasteiger partial charge in [0, 0.05) is 24.3 Å². The van der Waals surface area contributed by atoms with Crippen LogP contribution in [0.2, 0.25) is 0 Å². The third-order valence-corrected chi connectivity index (χ3v) is 6.04. The maximum absolute atomic E-state index is 12.7. The Bertz CT molecular complexity index is 1280. The molecule has 0 aliphatic heterocycles. The molecule has 2 aromatic heterocycles. The van der Waals surface area contributed by atoms with E-state index in [1.165, 1.54) is 12.1 Å². The summed E-state index contributed by atoms with van der Waals surface area (Å²) in [5.74, 6) is 6.01. The summed E-state index contributed by atoms with van der Waals surface area (Å²) in [4.78, 5) is 9.79. The van der Waals surface area contributed by atoms with Crippen molar-refractivity contribution in [3.8, 4) is 22.3 Å². The number of hydrogen-bond acceptors (Lipinski definition) is 4. The molecule has 0 atom stereocenters. The molecule has 0 bridgehead atoms. The van der Waals surface area contributed by atoms with Gasteiger partial charge >= 0.3 is 6.18 Å². The lowest BCUT2D eigenvalue weighted by Crippen LogP contribution is -2.05. The summed E-state index contributed by atoms with van der Waals surface area (Å²) in [7, 11) is 0. The van der Waals surface area contributed by atoms with Crippen molar-refractivity contribution in [2.24, 2.45) is 0 Å². The molecule has 0 aliphatic rings. The third kappa shape index (κ3) is 5.09. The predicted octanol–water partition coefficient (Wildman–Crippen LogP) is 6.79. The highest BCUT2D eigenvalue weighted by molar-refractivity contribution is 7.19. The molecule has 0 saturated heterocycles. The Morgan fingerprint density at radius 2 is 1.84 bits per heavy atom. The van der Waals surface area contributed by atoms with E-state index < -0.39 is 11.7 Å². The van der Waals surface area contributed by atoms with Crippen LogP contribution in [0.15, 0.2) is 60.9 Å². The minimum atomic E-state index is -4.30. The van der Waals surface area contributed by atoms with Gasteiger partial charge in [-0.2, -0.15) is 13.2 Å². The average Bonchev–Trinajstić information content (AvgIpc) is 3.19. The van der Waals surface area contributed by atoms with Crippen molar-refractivity contribution in [1.29, 1.82) is 0 Å². The lowest BCUT2D eigenvalue weighted by molar-refractivity contribution is -0.137. The van der Waals surface area contributed by atoms with Gasteiger partial charge in [-0.15, -0.1) is 0 Å². The summed E-state index contributed by atoms with van der Waals surface area (Å²) < 4.78 is 38.0. The number of alkyl halides is 3. The minimum Gasteiger partial charge on any atom is -0.361 e. The van der Waals surface area contributed by atoms with Gasteiger partial charge in [0.2, 0.25) is 0 Å². The van der Waals surface area contributed by atoms with Crippen LogP contribution in [0.1, 0.15) is 30.2 Å². The smallest absolute Gasteiger partial charge is 0.361 e.